The highest BCUT2D eigenvalue weighted by Crippen LogP contribution is 2.45. The van der Waals surface area contributed by atoms with Gasteiger partial charge in [-0.25, -0.2) is 9.97 Å². The van der Waals surface area contributed by atoms with Gasteiger partial charge >= 0.3 is 0 Å². The van der Waals surface area contributed by atoms with Crippen molar-refractivity contribution in [3.8, 4) is 0 Å². The van der Waals surface area contributed by atoms with Gasteiger partial charge in [0.2, 0.25) is 0 Å². The highest BCUT2D eigenvalue weighted by atomic mass is 16.2. The number of carbonyl (C=O) groups excluding carboxylic acids is 1. The van der Waals surface area contributed by atoms with Gasteiger partial charge in [0.15, 0.2) is 0 Å². The normalized spacial score (nSPS) is 23.6. The van der Waals surface area contributed by atoms with Gasteiger partial charge in [0.1, 0.15) is 17.3 Å². The number of hydrogen-bond donors (Lipinski definition) is 2. The Kier molecular flexibility index (Phi) is 4.75. The van der Waals surface area contributed by atoms with Gasteiger partial charge < -0.3 is 15.6 Å². The molecule has 30 heavy (non-hydrogen) atoms. The van der Waals surface area contributed by atoms with Crippen LogP contribution in [0.4, 0.5) is 5.82 Å². The van der Waals surface area contributed by atoms with Crippen LogP contribution in [0.15, 0.2) is 54.9 Å². The average Bonchev–Trinajstić information content (AvgIpc) is 3.44. The molecule has 0 aliphatic carbocycles. The summed E-state index contributed by atoms with van der Waals surface area (Å²) in [6.45, 7) is 5.30. The second-order valence-electron chi connectivity index (χ2n) is 8.36. The molecular formula is C23H26N6O. The van der Waals surface area contributed by atoms with Crippen molar-refractivity contribution < 1.29 is 4.79 Å². The molecule has 7 heteroatoms. The largest absolute Gasteiger partial charge is 0.383 e. The third-order valence-electron chi connectivity index (χ3n) is 6.40. The summed E-state index contributed by atoms with van der Waals surface area (Å²) in [5.41, 5.74) is 8.88. The molecule has 5 rings (SSSR count). The van der Waals surface area contributed by atoms with Crippen LogP contribution in [0.2, 0.25) is 0 Å². The van der Waals surface area contributed by atoms with Gasteiger partial charge in [-0.05, 0) is 24.5 Å². The number of anilines is 1. The Morgan fingerprint density at radius 2 is 1.97 bits per heavy atom. The van der Waals surface area contributed by atoms with E-state index in [9.17, 15) is 4.79 Å². The first-order chi connectivity index (χ1) is 14.6. The van der Waals surface area contributed by atoms with Crippen LogP contribution in [-0.2, 0) is 6.54 Å². The first-order valence-corrected chi connectivity index (χ1v) is 10.4. The zero-order chi connectivity index (χ0) is 20.7. The summed E-state index contributed by atoms with van der Waals surface area (Å²) in [6, 6.07) is 14.4. The van der Waals surface area contributed by atoms with Crippen LogP contribution >= 0.6 is 0 Å². The number of fused-ring (bicyclic) bond motifs is 1. The molecule has 2 aliphatic rings. The maximum Gasteiger partial charge on any atom is 0.272 e. The van der Waals surface area contributed by atoms with Gasteiger partial charge in [-0.3, -0.25) is 9.69 Å². The predicted molar refractivity (Wildman–Crippen MR) is 114 cm³/mol. The predicted octanol–water partition coefficient (Wildman–Crippen LogP) is 2.64. The number of aromatic nitrogens is 3. The van der Waals surface area contributed by atoms with E-state index in [1.165, 1.54) is 5.56 Å². The summed E-state index contributed by atoms with van der Waals surface area (Å²) in [7, 11) is 0. The molecule has 2 aliphatic heterocycles. The minimum atomic E-state index is 0.0295. The fourth-order valence-electron chi connectivity index (χ4n) is 5.06. The standard InChI is InChI=1S/C23H26N6O/c1-15-26-10-20(27-15)23(30)29-13-18-12-28(11-17-8-5-9-25-22(17)24)14-19(18)21(29)16-6-3-2-4-7-16/h2-10,18-19,21H,11-14H2,1H3,(H2,24,25)(H,26,27)/t18-,19-,21+/m0/s1. The minimum absolute atomic E-state index is 0.0295. The Balaban J connectivity index is 1.40. The first-order valence-electron chi connectivity index (χ1n) is 10.4. The number of imidazole rings is 1. The lowest BCUT2D eigenvalue weighted by Crippen LogP contribution is -2.35. The number of benzene rings is 1. The van der Waals surface area contributed by atoms with Gasteiger partial charge in [-0.2, -0.15) is 0 Å². The lowest BCUT2D eigenvalue weighted by atomic mass is 9.89. The highest BCUT2D eigenvalue weighted by molar-refractivity contribution is 5.92. The van der Waals surface area contributed by atoms with Crippen molar-refractivity contribution in [3.05, 3.63) is 77.5 Å². The number of H-pyrrole nitrogens is 1. The lowest BCUT2D eigenvalue weighted by Gasteiger charge is -2.29. The zero-order valence-corrected chi connectivity index (χ0v) is 17.0. The van der Waals surface area contributed by atoms with Crippen molar-refractivity contribution in [1.82, 2.24) is 24.8 Å². The van der Waals surface area contributed by atoms with Gasteiger partial charge in [-0.15, -0.1) is 0 Å². The molecule has 1 aromatic carbocycles. The van der Waals surface area contributed by atoms with E-state index in [1.807, 2.05) is 30.0 Å². The zero-order valence-electron chi connectivity index (χ0n) is 17.0. The molecule has 0 spiro atoms. The van der Waals surface area contributed by atoms with Crippen molar-refractivity contribution in [2.24, 2.45) is 11.8 Å². The second-order valence-corrected chi connectivity index (χ2v) is 8.36. The number of nitrogens with zero attached hydrogens (tertiary/aromatic N) is 4. The van der Waals surface area contributed by atoms with Crippen LogP contribution in [-0.4, -0.2) is 50.3 Å². The number of hydrogen-bond acceptors (Lipinski definition) is 5. The quantitative estimate of drug-likeness (QED) is 0.700. The Labute approximate surface area is 175 Å². The minimum Gasteiger partial charge on any atom is -0.383 e. The number of nitrogen functional groups attached to an aromatic ring is 1. The lowest BCUT2D eigenvalue weighted by molar-refractivity contribution is 0.0694. The van der Waals surface area contributed by atoms with Gasteiger partial charge in [0.05, 0.1) is 12.2 Å². The summed E-state index contributed by atoms with van der Waals surface area (Å²) in [5.74, 6) is 2.20. The average molecular weight is 403 g/mol. The summed E-state index contributed by atoms with van der Waals surface area (Å²) in [4.78, 5) is 29.3. The Morgan fingerprint density at radius 3 is 2.70 bits per heavy atom. The van der Waals surface area contributed by atoms with Gasteiger partial charge in [0.25, 0.3) is 5.91 Å². The van der Waals surface area contributed by atoms with Crippen LogP contribution in [0.1, 0.15) is 33.5 Å². The molecule has 2 saturated heterocycles. The van der Waals surface area contributed by atoms with E-state index in [0.717, 1.165) is 37.6 Å². The van der Waals surface area contributed by atoms with E-state index in [0.29, 0.717) is 23.3 Å². The number of amides is 1. The van der Waals surface area contributed by atoms with E-state index in [-0.39, 0.29) is 11.9 Å². The van der Waals surface area contributed by atoms with E-state index < -0.39 is 0 Å². The molecule has 0 unspecified atom stereocenters. The van der Waals surface area contributed by atoms with Crippen molar-refractivity contribution >= 4 is 11.7 Å². The molecule has 3 atom stereocenters. The molecule has 154 valence electrons. The van der Waals surface area contributed by atoms with Crippen molar-refractivity contribution in [1.29, 1.82) is 0 Å². The van der Waals surface area contributed by atoms with Crippen LogP contribution in [0.25, 0.3) is 0 Å². The number of likely N-dealkylation sites (tertiary alicyclic amines) is 2. The molecule has 1 amide bonds. The molecule has 0 saturated carbocycles. The highest BCUT2D eigenvalue weighted by Gasteiger charge is 2.49. The maximum atomic E-state index is 13.3. The third kappa shape index (κ3) is 3.35. The number of nitrogens with two attached hydrogens (primary N) is 1. The summed E-state index contributed by atoms with van der Waals surface area (Å²) < 4.78 is 0. The summed E-state index contributed by atoms with van der Waals surface area (Å²) in [5, 5.41) is 0. The number of carbonyl (C=O) groups is 1. The van der Waals surface area contributed by atoms with Crippen LogP contribution in [0.3, 0.4) is 0 Å². The molecule has 2 aromatic heterocycles. The number of aryl methyl sites for hydroxylation is 1. The summed E-state index contributed by atoms with van der Waals surface area (Å²) in [6.07, 6.45) is 3.37. The first kappa shape index (κ1) is 18.8. The second kappa shape index (κ2) is 7.57. The van der Waals surface area contributed by atoms with E-state index in [4.69, 9.17) is 5.73 Å². The van der Waals surface area contributed by atoms with Crippen LogP contribution in [0.5, 0.6) is 0 Å². The smallest absolute Gasteiger partial charge is 0.272 e. The van der Waals surface area contributed by atoms with Crippen molar-refractivity contribution in [2.45, 2.75) is 19.5 Å². The fourth-order valence-corrected chi connectivity index (χ4v) is 5.06. The van der Waals surface area contributed by atoms with Crippen LogP contribution < -0.4 is 5.73 Å². The molecule has 4 heterocycles. The topological polar surface area (TPSA) is 91.1 Å². The monoisotopic (exact) mass is 402 g/mol. The van der Waals surface area contributed by atoms with Crippen LogP contribution in [0, 0.1) is 18.8 Å². The SMILES string of the molecule is Cc1ncc(C(=O)N2C[C@@H]3CN(Cc4cccnc4N)C[C@@H]3[C@H]2c2ccccc2)[nH]1. The summed E-state index contributed by atoms with van der Waals surface area (Å²) >= 11 is 0. The molecular weight excluding hydrogens is 376 g/mol. The van der Waals surface area contributed by atoms with E-state index in [1.54, 1.807) is 12.4 Å². The van der Waals surface area contributed by atoms with E-state index in [2.05, 4.69) is 44.1 Å². The molecule has 0 radical (unpaired) electrons. The third-order valence-corrected chi connectivity index (χ3v) is 6.40. The van der Waals surface area contributed by atoms with Gasteiger partial charge in [-0.1, -0.05) is 36.4 Å². The molecule has 3 aromatic rings. The van der Waals surface area contributed by atoms with Gasteiger partial charge in [0, 0.05) is 43.9 Å². The number of rotatable bonds is 4. The molecule has 0 bridgehead atoms. The fraction of sp³-hybridized carbons (Fsp3) is 0.348. The Hall–Kier alpha value is -3.19. The molecule has 7 nitrogen and oxygen atoms in total. The number of nitrogens with one attached hydrogen (secondary N) is 1. The molecule has 2 fully saturated rings. The van der Waals surface area contributed by atoms with Crippen molar-refractivity contribution in [3.63, 3.8) is 0 Å². The maximum absolute atomic E-state index is 13.3. The number of aromatic amines is 1. The molecule has 3 N–H and O–H groups in total. The Morgan fingerprint density at radius 1 is 1.13 bits per heavy atom. The number of pyridine rings is 1. The van der Waals surface area contributed by atoms with Crippen molar-refractivity contribution in [2.75, 3.05) is 25.4 Å². The van der Waals surface area contributed by atoms with E-state index >= 15 is 0 Å². The Bertz CT molecular complexity index is 1050.